The zero-order valence-electron chi connectivity index (χ0n) is 15.6. The third-order valence-corrected chi connectivity index (χ3v) is 4.39. The molecule has 0 bridgehead atoms. The number of rotatable bonds is 7. The van der Waals surface area contributed by atoms with Crippen molar-refractivity contribution in [3.8, 4) is 11.5 Å². The first kappa shape index (κ1) is 20.2. The number of nitro groups is 1. The Morgan fingerprint density at radius 2 is 2.03 bits per heavy atom. The lowest BCUT2D eigenvalue weighted by Gasteiger charge is -2.08. The molecule has 0 radical (unpaired) electrons. The second kappa shape index (κ2) is 8.61. The summed E-state index contributed by atoms with van der Waals surface area (Å²) in [5, 5.41) is 18.4. The van der Waals surface area contributed by atoms with Gasteiger partial charge in [0.05, 0.1) is 23.8 Å². The highest BCUT2D eigenvalue weighted by atomic mass is 35.5. The first-order chi connectivity index (χ1) is 13.9. The number of hydrogen-bond donors (Lipinski definition) is 1. The van der Waals surface area contributed by atoms with Crippen molar-refractivity contribution in [2.24, 2.45) is 0 Å². The molecule has 0 atom stereocenters. The van der Waals surface area contributed by atoms with E-state index in [1.807, 2.05) is 6.92 Å². The normalized spacial score (nSPS) is 10.4. The third kappa shape index (κ3) is 5.02. The number of methoxy groups -OCH3 is 1. The van der Waals surface area contributed by atoms with E-state index in [9.17, 15) is 14.9 Å². The summed E-state index contributed by atoms with van der Waals surface area (Å²) >= 11 is 5.99. The van der Waals surface area contributed by atoms with Gasteiger partial charge in [-0.25, -0.2) is 4.68 Å². The highest BCUT2D eigenvalue weighted by Crippen LogP contribution is 2.26. The molecule has 3 aromatic rings. The van der Waals surface area contributed by atoms with Crippen LogP contribution in [-0.4, -0.2) is 27.7 Å². The highest BCUT2D eigenvalue weighted by Gasteiger charge is 2.15. The van der Waals surface area contributed by atoms with E-state index in [1.165, 1.54) is 36.1 Å². The Labute approximate surface area is 171 Å². The molecule has 0 saturated carbocycles. The minimum Gasteiger partial charge on any atom is -0.496 e. The van der Waals surface area contributed by atoms with Crippen molar-refractivity contribution in [3.63, 3.8) is 0 Å². The number of benzene rings is 2. The maximum absolute atomic E-state index is 12.4. The minimum atomic E-state index is -0.567. The number of nitrogens with zero attached hydrogens (tertiary/aromatic N) is 3. The molecule has 150 valence electrons. The van der Waals surface area contributed by atoms with Crippen molar-refractivity contribution in [1.82, 2.24) is 9.78 Å². The zero-order valence-corrected chi connectivity index (χ0v) is 16.3. The molecule has 1 aromatic heterocycles. The molecule has 0 saturated heterocycles. The van der Waals surface area contributed by atoms with Gasteiger partial charge in [-0.05, 0) is 36.8 Å². The fraction of sp³-hybridized carbons (Fsp3) is 0.158. The van der Waals surface area contributed by atoms with Crippen LogP contribution in [0, 0.1) is 17.0 Å². The molecule has 2 aromatic carbocycles. The summed E-state index contributed by atoms with van der Waals surface area (Å²) in [4.78, 5) is 22.9. The Hall–Kier alpha value is -3.59. The number of hydrogen-bond acceptors (Lipinski definition) is 6. The van der Waals surface area contributed by atoms with E-state index in [4.69, 9.17) is 21.1 Å². The van der Waals surface area contributed by atoms with Crippen LogP contribution in [0.25, 0.3) is 0 Å². The van der Waals surface area contributed by atoms with Gasteiger partial charge in [0.1, 0.15) is 11.5 Å². The Morgan fingerprint density at radius 1 is 1.24 bits per heavy atom. The summed E-state index contributed by atoms with van der Waals surface area (Å²) in [6, 6.07) is 10.8. The largest absolute Gasteiger partial charge is 0.496 e. The predicted molar refractivity (Wildman–Crippen MR) is 107 cm³/mol. The van der Waals surface area contributed by atoms with Crippen LogP contribution in [0.15, 0.2) is 48.7 Å². The average molecular weight is 417 g/mol. The Balaban J connectivity index is 1.67. The molecule has 0 fully saturated rings. The lowest BCUT2D eigenvalue weighted by Crippen LogP contribution is -2.14. The minimum absolute atomic E-state index is 0.0962. The molecular formula is C19H17ClN4O5. The summed E-state index contributed by atoms with van der Waals surface area (Å²) in [7, 11) is 1.38. The fourth-order valence-electron chi connectivity index (χ4n) is 2.48. The predicted octanol–water partition coefficient (Wildman–Crippen LogP) is 4.05. The van der Waals surface area contributed by atoms with Gasteiger partial charge in [-0.15, -0.1) is 0 Å². The van der Waals surface area contributed by atoms with Gasteiger partial charge in [-0.1, -0.05) is 11.6 Å². The van der Waals surface area contributed by atoms with Crippen molar-refractivity contribution < 1.29 is 19.2 Å². The number of non-ortho nitro benzene ring substituents is 1. The van der Waals surface area contributed by atoms with Gasteiger partial charge in [0.15, 0.2) is 12.4 Å². The average Bonchev–Trinajstić information content (AvgIpc) is 3.17. The second-order valence-electron chi connectivity index (χ2n) is 6.06. The Morgan fingerprint density at radius 3 is 2.72 bits per heavy atom. The maximum Gasteiger partial charge on any atom is 0.276 e. The first-order valence-electron chi connectivity index (χ1n) is 8.43. The number of halogens is 1. The molecule has 1 N–H and O–H groups in total. The first-order valence-corrected chi connectivity index (χ1v) is 8.81. The number of nitro benzene ring substituents is 1. The van der Waals surface area contributed by atoms with Crippen LogP contribution in [0.2, 0.25) is 5.02 Å². The molecule has 10 heteroatoms. The van der Waals surface area contributed by atoms with Crippen LogP contribution in [0.5, 0.6) is 11.5 Å². The molecule has 0 aliphatic rings. The smallest absolute Gasteiger partial charge is 0.276 e. The summed E-state index contributed by atoms with van der Waals surface area (Å²) in [5.74, 6) is 0.359. The number of nitrogens with one attached hydrogen (secondary N) is 1. The van der Waals surface area contributed by atoms with Crippen LogP contribution in [-0.2, 0) is 6.73 Å². The number of anilines is 1. The van der Waals surface area contributed by atoms with Gasteiger partial charge < -0.3 is 14.8 Å². The van der Waals surface area contributed by atoms with Crippen molar-refractivity contribution in [3.05, 3.63) is 75.1 Å². The molecule has 9 nitrogen and oxygen atoms in total. The van der Waals surface area contributed by atoms with E-state index in [0.29, 0.717) is 10.8 Å². The zero-order chi connectivity index (χ0) is 21.0. The highest BCUT2D eigenvalue weighted by molar-refractivity contribution is 6.31. The van der Waals surface area contributed by atoms with Crippen LogP contribution < -0.4 is 14.8 Å². The Kier molecular flexibility index (Phi) is 5.99. The number of ether oxygens (including phenoxy) is 2. The number of carbonyl (C=O) groups excluding carboxylic acids is 1. The summed E-state index contributed by atoms with van der Waals surface area (Å²) in [6.07, 6.45) is 1.59. The topological polar surface area (TPSA) is 109 Å². The molecule has 3 rings (SSSR count). The molecule has 29 heavy (non-hydrogen) atoms. The van der Waals surface area contributed by atoms with Gasteiger partial charge in [0.2, 0.25) is 0 Å². The standard InChI is InChI=1S/C19H17ClN4O5/c1-12-7-15(3-4-17(12)20)29-11-23-6-5-18(22-23)19(25)21-13-8-14(24(26)27)10-16(9-13)28-2/h3-10H,11H2,1-2H3,(H,21,25). The molecule has 0 unspecified atom stereocenters. The van der Waals surface area contributed by atoms with E-state index in [2.05, 4.69) is 10.4 Å². The van der Waals surface area contributed by atoms with Gasteiger partial charge in [0, 0.05) is 23.4 Å². The van der Waals surface area contributed by atoms with Gasteiger partial charge >= 0.3 is 0 Å². The van der Waals surface area contributed by atoms with E-state index in [1.54, 1.807) is 24.4 Å². The van der Waals surface area contributed by atoms with E-state index in [-0.39, 0.29) is 29.5 Å². The lowest BCUT2D eigenvalue weighted by atomic mass is 10.2. The van der Waals surface area contributed by atoms with Crippen LogP contribution in [0.4, 0.5) is 11.4 Å². The monoisotopic (exact) mass is 416 g/mol. The number of carbonyl (C=O) groups is 1. The van der Waals surface area contributed by atoms with Crippen LogP contribution >= 0.6 is 11.6 Å². The fourth-order valence-corrected chi connectivity index (χ4v) is 2.59. The van der Waals surface area contributed by atoms with E-state index >= 15 is 0 Å². The van der Waals surface area contributed by atoms with Crippen molar-refractivity contribution in [2.75, 3.05) is 12.4 Å². The molecule has 1 heterocycles. The van der Waals surface area contributed by atoms with E-state index < -0.39 is 10.8 Å². The lowest BCUT2D eigenvalue weighted by molar-refractivity contribution is -0.384. The second-order valence-corrected chi connectivity index (χ2v) is 6.46. The number of amides is 1. The van der Waals surface area contributed by atoms with Gasteiger partial charge in [0.25, 0.3) is 11.6 Å². The Bertz CT molecular complexity index is 1070. The molecular weight excluding hydrogens is 400 g/mol. The summed E-state index contributed by atoms with van der Waals surface area (Å²) in [5.41, 5.74) is 1.05. The quantitative estimate of drug-likeness (QED) is 0.459. The van der Waals surface area contributed by atoms with Crippen molar-refractivity contribution >= 4 is 28.9 Å². The van der Waals surface area contributed by atoms with Crippen molar-refractivity contribution in [1.29, 1.82) is 0 Å². The number of aryl methyl sites for hydroxylation is 1. The molecule has 1 amide bonds. The van der Waals surface area contributed by atoms with Crippen LogP contribution in [0.1, 0.15) is 16.1 Å². The van der Waals surface area contributed by atoms with Gasteiger partial charge in [-0.3, -0.25) is 14.9 Å². The molecule has 0 aliphatic heterocycles. The van der Waals surface area contributed by atoms with E-state index in [0.717, 1.165) is 5.56 Å². The molecule has 0 spiro atoms. The summed E-state index contributed by atoms with van der Waals surface area (Å²) in [6.45, 7) is 1.97. The SMILES string of the molecule is COc1cc(NC(=O)c2ccn(COc3ccc(Cl)c(C)c3)n2)cc([N+](=O)[O-])c1. The van der Waals surface area contributed by atoms with Crippen molar-refractivity contribution in [2.45, 2.75) is 13.7 Å². The third-order valence-electron chi connectivity index (χ3n) is 3.96. The van der Waals surface area contributed by atoms with Crippen LogP contribution in [0.3, 0.4) is 0 Å². The summed E-state index contributed by atoms with van der Waals surface area (Å²) < 4.78 is 12.1. The maximum atomic E-state index is 12.4. The number of aromatic nitrogens is 2. The molecule has 0 aliphatic carbocycles. The van der Waals surface area contributed by atoms with Gasteiger partial charge in [-0.2, -0.15) is 5.10 Å².